The van der Waals surface area contributed by atoms with Crippen molar-refractivity contribution in [2.75, 3.05) is 14.8 Å². The minimum Gasteiger partial charge on any atom is -0.322 e. The highest BCUT2D eigenvalue weighted by Crippen LogP contribution is 2.31. The lowest BCUT2D eigenvalue weighted by molar-refractivity contribution is -0.137. The summed E-state index contributed by atoms with van der Waals surface area (Å²) in [6.07, 6.45) is -4.64. The minimum absolute atomic E-state index is 0.0293. The summed E-state index contributed by atoms with van der Waals surface area (Å²) in [5.41, 5.74) is -0.200. The molecule has 8 nitrogen and oxygen atoms in total. The maximum Gasteiger partial charge on any atom is 0.416 e. The van der Waals surface area contributed by atoms with Gasteiger partial charge in [0, 0.05) is 17.1 Å². The molecule has 0 aliphatic carbocycles. The summed E-state index contributed by atoms with van der Waals surface area (Å²) in [4.78, 5) is 12.7. The molecule has 0 bridgehead atoms. The van der Waals surface area contributed by atoms with Crippen molar-refractivity contribution in [3.8, 4) is 0 Å². The van der Waals surface area contributed by atoms with E-state index < -0.39 is 37.7 Å². The number of sulfonamides is 2. The normalized spacial score (nSPS) is 12.0. The first-order chi connectivity index (χ1) is 19.1. The van der Waals surface area contributed by atoms with Crippen molar-refractivity contribution < 1.29 is 34.8 Å². The molecule has 214 valence electrons. The second-order valence-corrected chi connectivity index (χ2v) is 12.5. The zero-order chi connectivity index (χ0) is 30.0. The molecule has 4 aromatic carbocycles. The number of amides is 1. The molecule has 0 spiro atoms. The second-order valence-electron chi connectivity index (χ2n) is 8.78. The van der Waals surface area contributed by atoms with Crippen LogP contribution in [0.5, 0.6) is 0 Å². The highest BCUT2D eigenvalue weighted by molar-refractivity contribution is 7.93. The van der Waals surface area contributed by atoms with Crippen LogP contribution in [-0.2, 0) is 26.2 Å². The van der Waals surface area contributed by atoms with Gasteiger partial charge in [0.2, 0.25) is 0 Å². The molecule has 4 aromatic rings. The van der Waals surface area contributed by atoms with Gasteiger partial charge in [-0.15, -0.1) is 0 Å². The van der Waals surface area contributed by atoms with Crippen LogP contribution in [0.2, 0.25) is 5.02 Å². The Morgan fingerprint density at radius 3 is 1.78 bits per heavy atom. The van der Waals surface area contributed by atoms with Crippen molar-refractivity contribution in [1.82, 2.24) is 0 Å². The minimum atomic E-state index is -4.64. The summed E-state index contributed by atoms with van der Waals surface area (Å²) < 4.78 is 94.1. The second kappa shape index (κ2) is 11.4. The molecule has 0 unspecified atom stereocenters. The van der Waals surface area contributed by atoms with E-state index in [0.29, 0.717) is 6.07 Å². The number of carbonyl (C=O) groups is 1. The lowest BCUT2D eigenvalue weighted by Crippen LogP contribution is -2.16. The average Bonchev–Trinajstić information content (AvgIpc) is 2.89. The van der Waals surface area contributed by atoms with Crippen molar-refractivity contribution in [1.29, 1.82) is 0 Å². The summed E-state index contributed by atoms with van der Waals surface area (Å²) in [7, 11) is -8.18. The van der Waals surface area contributed by atoms with E-state index in [2.05, 4.69) is 14.8 Å². The van der Waals surface area contributed by atoms with Crippen molar-refractivity contribution >= 4 is 54.6 Å². The van der Waals surface area contributed by atoms with E-state index >= 15 is 0 Å². The van der Waals surface area contributed by atoms with Crippen molar-refractivity contribution in [2.24, 2.45) is 0 Å². The summed E-state index contributed by atoms with van der Waals surface area (Å²) in [6.45, 7) is 1.82. The summed E-state index contributed by atoms with van der Waals surface area (Å²) in [6, 6.07) is 18.8. The molecule has 41 heavy (non-hydrogen) atoms. The monoisotopic (exact) mass is 623 g/mol. The Hall–Kier alpha value is -4.07. The van der Waals surface area contributed by atoms with E-state index in [9.17, 15) is 34.8 Å². The fourth-order valence-corrected chi connectivity index (χ4v) is 5.89. The van der Waals surface area contributed by atoms with Crippen LogP contribution < -0.4 is 14.8 Å². The van der Waals surface area contributed by atoms with E-state index in [1.807, 2.05) is 6.92 Å². The van der Waals surface area contributed by atoms with Gasteiger partial charge in [-0.25, -0.2) is 16.8 Å². The van der Waals surface area contributed by atoms with Crippen molar-refractivity contribution in [3.05, 3.63) is 113 Å². The third-order valence-corrected chi connectivity index (χ3v) is 8.78. The third-order valence-electron chi connectivity index (χ3n) is 5.66. The van der Waals surface area contributed by atoms with Gasteiger partial charge in [0.1, 0.15) is 0 Å². The van der Waals surface area contributed by atoms with Crippen molar-refractivity contribution in [2.45, 2.75) is 22.9 Å². The molecule has 0 aliphatic heterocycles. The highest BCUT2D eigenvalue weighted by Gasteiger charge is 2.30. The molecule has 0 saturated carbocycles. The summed E-state index contributed by atoms with van der Waals surface area (Å²) >= 11 is 6.17. The number of carbonyl (C=O) groups excluding carboxylic acids is 1. The SMILES string of the molecule is Cc1ccc(S(=O)(=O)Nc2ccc(Cl)c(C(=O)Nc3ccc(S(=O)(=O)Nc4cccc(C(F)(F)F)c4)cc3)c2)cc1. The fraction of sp³-hybridized carbons (Fsp3) is 0.0741. The zero-order valence-electron chi connectivity index (χ0n) is 21.0. The number of nitrogens with one attached hydrogen (secondary N) is 3. The predicted octanol–water partition coefficient (Wildman–Crippen LogP) is 6.52. The van der Waals surface area contributed by atoms with E-state index in [1.54, 1.807) is 12.1 Å². The van der Waals surface area contributed by atoms with Crippen molar-refractivity contribution in [3.63, 3.8) is 0 Å². The van der Waals surface area contributed by atoms with Crippen LogP contribution in [0.4, 0.5) is 30.2 Å². The van der Waals surface area contributed by atoms with E-state index in [0.717, 1.165) is 29.8 Å². The number of halogens is 4. The Balaban J connectivity index is 1.48. The lowest BCUT2D eigenvalue weighted by Gasteiger charge is -2.13. The predicted molar refractivity (Wildman–Crippen MR) is 150 cm³/mol. The standard InChI is InChI=1S/C27H21ClF3N3O5S2/c1-17-5-10-22(11-6-17)40(36,37)34-21-9-14-25(28)24(16-21)26(35)32-19-7-12-23(13-8-19)41(38,39)33-20-4-2-3-18(15-20)27(29,30)31/h2-16,33-34H,1H3,(H,32,35). The Morgan fingerprint density at radius 1 is 0.707 bits per heavy atom. The number of alkyl halides is 3. The number of rotatable bonds is 8. The van der Waals surface area contributed by atoms with Crippen LogP contribution in [0.1, 0.15) is 21.5 Å². The third kappa shape index (κ3) is 7.37. The van der Waals surface area contributed by atoms with Gasteiger partial charge < -0.3 is 5.32 Å². The van der Waals surface area contributed by atoms with Crippen LogP contribution in [-0.4, -0.2) is 22.7 Å². The smallest absolute Gasteiger partial charge is 0.322 e. The van der Waals surface area contributed by atoms with Crippen LogP contribution >= 0.6 is 11.6 Å². The maximum absolute atomic E-state index is 12.9. The molecule has 0 heterocycles. The van der Waals surface area contributed by atoms with Crippen LogP contribution in [0.3, 0.4) is 0 Å². The molecule has 0 saturated heterocycles. The molecular formula is C27H21ClF3N3O5S2. The maximum atomic E-state index is 12.9. The number of hydrogen-bond donors (Lipinski definition) is 3. The zero-order valence-corrected chi connectivity index (χ0v) is 23.4. The Morgan fingerprint density at radius 2 is 1.22 bits per heavy atom. The van der Waals surface area contributed by atoms with Gasteiger partial charge in [0.15, 0.2) is 0 Å². The largest absolute Gasteiger partial charge is 0.416 e. The summed E-state index contributed by atoms with van der Waals surface area (Å²) in [5.74, 6) is -0.705. The topological polar surface area (TPSA) is 121 Å². The fourth-order valence-electron chi connectivity index (χ4n) is 3.58. The van der Waals surface area contributed by atoms with Crippen LogP contribution in [0, 0.1) is 6.92 Å². The molecule has 0 radical (unpaired) electrons. The molecule has 0 aliphatic rings. The van der Waals surface area contributed by atoms with E-state index in [1.165, 1.54) is 48.5 Å². The Bertz CT molecular complexity index is 1810. The molecule has 0 fully saturated rings. The molecular weight excluding hydrogens is 603 g/mol. The average molecular weight is 624 g/mol. The van der Waals surface area contributed by atoms with E-state index in [-0.39, 0.29) is 37.4 Å². The molecule has 4 rings (SSSR count). The first kappa shape index (κ1) is 29.9. The number of benzene rings is 4. The molecule has 0 aromatic heterocycles. The van der Waals surface area contributed by atoms with Gasteiger partial charge in [0.25, 0.3) is 26.0 Å². The van der Waals surface area contributed by atoms with Crippen LogP contribution in [0.15, 0.2) is 101 Å². The van der Waals surface area contributed by atoms with E-state index in [4.69, 9.17) is 11.6 Å². The van der Waals surface area contributed by atoms with Gasteiger partial charge in [-0.05, 0) is 79.7 Å². The first-order valence-electron chi connectivity index (χ1n) is 11.6. The van der Waals surface area contributed by atoms with Crippen LogP contribution in [0.25, 0.3) is 0 Å². The molecule has 14 heteroatoms. The quantitative estimate of drug-likeness (QED) is 0.206. The number of aryl methyl sites for hydroxylation is 1. The van der Waals surface area contributed by atoms with Gasteiger partial charge in [-0.2, -0.15) is 13.2 Å². The van der Waals surface area contributed by atoms with Gasteiger partial charge >= 0.3 is 6.18 Å². The Kier molecular flexibility index (Phi) is 8.34. The summed E-state index contributed by atoms with van der Waals surface area (Å²) in [5, 5.41) is 2.57. The Labute approximate surface area is 239 Å². The van der Waals surface area contributed by atoms with Gasteiger partial charge in [-0.1, -0.05) is 35.4 Å². The highest BCUT2D eigenvalue weighted by atomic mass is 35.5. The number of hydrogen-bond acceptors (Lipinski definition) is 5. The number of anilines is 3. The van der Waals surface area contributed by atoms with Gasteiger partial charge in [-0.3, -0.25) is 14.2 Å². The molecule has 1 amide bonds. The van der Waals surface area contributed by atoms with Gasteiger partial charge in [0.05, 0.1) is 25.9 Å². The molecule has 3 N–H and O–H groups in total. The lowest BCUT2D eigenvalue weighted by atomic mass is 10.2. The first-order valence-corrected chi connectivity index (χ1v) is 15.0. The molecule has 0 atom stereocenters.